The Kier molecular flexibility index (Phi) is 2.94. The highest BCUT2D eigenvalue weighted by molar-refractivity contribution is 5.19. The Balaban J connectivity index is 2.07. The number of aryl methyl sites for hydroxylation is 3. The van der Waals surface area contributed by atoms with Crippen LogP contribution in [0.3, 0.4) is 0 Å². The summed E-state index contributed by atoms with van der Waals surface area (Å²) < 4.78 is 27.8. The van der Waals surface area contributed by atoms with Crippen LogP contribution in [0, 0.1) is 11.6 Å². The highest BCUT2D eigenvalue weighted by Crippen LogP contribution is 2.13. The van der Waals surface area contributed by atoms with Crippen LogP contribution in [0.1, 0.15) is 11.3 Å². The van der Waals surface area contributed by atoms with Gasteiger partial charge in [-0.25, -0.2) is 8.78 Å². The van der Waals surface area contributed by atoms with E-state index in [4.69, 9.17) is 0 Å². The average Bonchev–Trinajstić information content (AvgIpc) is 2.67. The molecule has 2 rings (SSSR count). The molecule has 3 nitrogen and oxygen atoms in total. The summed E-state index contributed by atoms with van der Waals surface area (Å²) >= 11 is 0. The van der Waals surface area contributed by atoms with Crippen LogP contribution in [0.2, 0.25) is 0 Å². The lowest BCUT2D eigenvalue weighted by Gasteiger charge is -2.01. The number of nitrogens with zero attached hydrogens (tertiary/aromatic N) is 3. The Hall–Kier alpha value is -1.78. The summed E-state index contributed by atoms with van der Waals surface area (Å²) in [4.78, 5) is 0. The maximum Gasteiger partial charge on any atom is 0.162 e. The maximum atomic E-state index is 13.3. The maximum absolute atomic E-state index is 13.3. The average molecular weight is 223 g/mol. The Bertz CT molecular complexity index is 494. The van der Waals surface area contributed by atoms with E-state index in [1.807, 2.05) is 0 Å². The van der Waals surface area contributed by atoms with Crippen LogP contribution in [0.25, 0.3) is 0 Å². The molecule has 5 heteroatoms. The van der Waals surface area contributed by atoms with Crippen LogP contribution < -0.4 is 0 Å². The number of halogens is 2. The van der Waals surface area contributed by atoms with Gasteiger partial charge in [0.05, 0.1) is 5.69 Å². The van der Waals surface area contributed by atoms with Crippen molar-refractivity contribution in [2.45, 2.75) is 12.8 Å². The number of aromatic nitrogens is 3. The quantitative estimate of drug-likeness (QED) is 0.795. The van der Waals surface area contributed by atoms with Gasteiger partial charge in [0, 0.05) is 13.2 Å². The fourth-order valence-electron chi connectivity index (χ4n) is 1.51. The molecule has 0 unspecified atom stereocenters. The van der Waals surface area contributed by atoms with E-state index in [0.29, 0.717) is 18.4 Å². The van der Waals surface area contributed by atoms with Gasteiger partial charge in [-0.15, -0.1) is 5.10 Å². The first kappa shape index (κ1) is 10.7. The standard InChI is InChI=1S/C11H11F2N3/c1-16-7-9(14-15-16)6-5-8-3-2-4-10(12)11(8)13/h2-4,7H,5-6H2,1H3. The zero-order valence-electron chi connectivity index (χ0n) is 8.82. The largest absolute Gasteiger partial charge is 0.255 e. The van der Waals surface area contributed by atoms with Crippen molar-refractivity contribution in [2.75, 3.05) is 0 Å². The minimum absolute atomic E-state index is 0.366. The van der Waals surface area contributed by atoms with Gasteiger partial charge < -0.3 is 0 Å². The van der Waals surface area contributed by atoms with Crippen LogP contribution in [0.5, 0.6) is 0 Å². The lowest BCUT2D eigenvalue weighted by Crippen LogP contribution is -1.97. The molecule has 1 aromatic heterocycles. The molecule has 0 saturated carbocycles. The van der Waals surface area contributed by atoms with E-state index >= 15 is 0 Å². The van der Waals surface area contributed by atoms with E-state index in [2.05, 4.69) is 10.3 Å². The Morgan fingerprint density at radius 1 is 1.25 bits per heavy atom. The van der Waals surface area contributed by atoms with E-state index in [1.165, 1.54) is 6.07 Å². The van der Waals surface area contributed by atoms with E-state index in [9.17, 15) is 8.78 Å². The van der Waals surface area contributed by atoms with Crippen molar-refractivity contribution in [3.63, 3.8) is 0 Å². The third kappa shape index (κ3) is 2.24. The predicted molar refractivity (Wildman–Crippen MR) is 54.8 cm³/mol. The molecular weight excluding hydrogens is 212 g/mol. The highest BCUT2D eigenvalue weighted by atomic mass is 19.2. The lowest BCUT2D eigenvalue weighted by molar-refractivity contribution is 0.498. The first-order valence-electron chi connectivity index (χ1n) is 4.95. The number of hydrogen-bond donors (Lipinski definition) is 0. The van der Waals surface area contributed by atoms with Gasteiger partial charge in [-0.2, -0.15) is 0 Å². The van der Waals surface area contributed by atoms with E-state index in [1.54, 1.807) is 24.0 Å². The summed E-state index contributed by atoms with van der Waals surface area (Å²) in [7, 11) is 1.76. The Morgan fingerprint density at radius 3 is 2.75 bits per heavy atom. The van der Waals surface area contributed by atoms with Crippen LogP contribution >= 0.6 is 0 Å². The molecule has 0 amide bonds. The first-order valence-corrected chi connectivity index (χ1v) is 4.95. The first-order chi connectivity index (χ1) is 7.66. The van der Waals surface area contributed by atoms with Gasteiger partial charge in [0.2, 0.25) is 0 Å². The summed E-state index contributed by atoms with van der Waals surface area (Å²) in [5.74, 6) is -1.58. The molecule has 1 heterocycles. The van der Waals surface area contributed by atoms with E-state index < -0.39 is 11.6 Å². The molecule has 16 heavy (non-hydrogen) atoms. The van der Waals surface area contributed by atoms with Crippen molar-refractivity contribution < 1.29 is 8.78 Å². The smallest absolute Gasteiger partial charge is 0.162 e. The molecule has 0 spiro atoms. The molecule has 0 saturated heterocycles. The third-order valence-electron chi connectivity index (χ3n) is 2.33. The summed E-state index contributed by atoms with van der Waals surface area (Å²) in [6.07, 6.45) is 2.73. The second-order valence-electron chi connectivity index (χ2n) is 3.60. The Morgan fingerprint density at radius 2 is 2.06 bits per heavy atom. The van der Waals surface area contributed by atoms with Gasteiger partial charge in [-0.05, 0) is 24.5 Å². The topological polar surface area (TPSA) is 30.7 Å². The highest BCUT2D eigenvalue weighted by Gasteiger charge is 2.08. The zero-order valence-corrected chi connectivity index (χ0v) is 8.82. The minimum Gasteiger partial charge on any atom is -0.255 e. The molecule has 0 aliphatic carbocycles. The molecular formula is C11H11F2N3. The Labute approximate surface area is 91.7 Å². The van der Waals surface area contributed by atoms with Crippen molar-refractivity contribution >= 4 is 0 Å². The van der Waals surface area contributed by atoms with Gasteiger partial charge in [0.15, 0.2) is 11.6 Å². The molecule has 1 aromatic carbocycles. The molecule has 0 aliphatic heterocycles. The molecule has 0 bridgehead atoms. The van der Waals surface area contributed by atoms with E-state index in [-0.39, 0.29) is 0 Å². The monoisotopic (exact) mass is 223 g/mol. The van der Waals surface area contributed by atoms with Crippen LogP contribution in [0.4, 0.5) is 8.78 Å². The van der Waals surface area contributed by atoms with Crippen molar-refractivity contribution in [3.8, 4) is 0 Å². The van der Waals surface area contributed by atoms with Gasteiger partial charge in [0.1, 0.15) is 0 Å². The fraction of sp³-hybridized carbons (Fsp3) is 0.273. The number of benzene rings is 1. The van der Waals surface area contributed by atoms with Crippen molar-refractivity contribution in [1.82, 2.24) is 15.0 Å². The van der Waals surface area contributed by atoms with Crippen molar-refractivity contribution in [2.24, 2.45) is 7.05 Å². The summed E-state index contributed by atoms with van der Waals surface area (Å²) in [5.41, 5.74) is 1.14. The fourth-order valence-corrected chi connectivity index (χ4v) is 1.51. The van der Waals surface area contributed by atoms with Gasteiger partial charge in [0.25, 0.3) is 0 Å². The number of hydrogen-bond acceptors (Lipinski definition) is 2. The molecule has 0 N–H and O–H groups in total. The predicted octanol–water partition coefficient (Wildman–Crippen LogP) is 1.88. The summed E-state index contributed by atoms with van der Waals surface area (Å²) in [5, 5.41) is 7.65. The second-order valence-corrected chi connectivity index (χ2v) is 3.60. The normalized spacial score (nSPS) is 10.7. The summed E-state index contributed by atoms with van der Waals surface area (Å²) in [6, 6.07) is 4.19. The van der Waals surface area contributed by atoms with Crippen LogP contribution in [0.15, 0.2) is 24.4 Å². The molecule has 0 atom stereocenters. The molecule has 0 radical (unpaired) electrons. The van der Waals surface area contributed by atoms with Gasteiger partial charge in [-0.1, -0.05) is 17.3 Å². The van der Waals surface area contributed by atoms with Crippen molar-refractivity contribution in [1.29, 1.82) is 0 Å². The number of rotatable bonds is 3. The van der Waals surface area contributed by atoms with Crippen LogP contribution in [-0.4, -0.2) is 15.0 Å². The van der Waals surface area contributed by atoms with Gasteiger partial charge >= 0.3 is 0 Å². The third-order valence-corrected chi connectivity index (χ3v) is 2.33. The van der Waals surface area contributed by atoms with Crippen molar-refractivity contribution in [3.05, 3.63) is 47.3 Å². The van der Waals surface area contributed by atoms with Crippen LogP contribution in [-0.2, 0) is 19.9 Å². The molecule has 0 fully saturated rings. The van der Waals surface area contributed by atoms with E-state index in [0.717, 1.165) is 11.8 Å². The summed E-state index contributed by atoms with van der Waals surface area (Å²) in [6.45, 7) is 0. The molecule has 2 aromatic rings. The molecule has 0 aliphatic rings. The zero-order chi connectivity index (χ0) is 11.5. The SMILES string of the molecule is Cn1cc(CCc2cccc(F)c2F)nn1. The lowest BCUT2D eigenvalue weighted by atomic mass is 10.1. The molecule has 84 valence electrons. The van der Waals surface area contributed by atoms with Gasteiger partial charge in [-0.3, -0.25) is 4.68 Å². The second kappa shape index (κ2) is 4.38. The minimum atomic E-state index is -0.809.